The fourth-order valence-electron chi connectivity index (χ4n) is 1.83. The Morgan fingerprint density at radius 3 is 2.76 bits per heavy atom. The smallest absolute Gasteiger partial charge is 0.173 e. The van der Waals surface area contributed by atoms with Crippen molar-refractivity contribution in [1.82, 2.24) is 24.5 Å². The predicted octanol–water partition coefficient (Wildman–Crippen LogP) is 2.43. The lowest BCUT2D eigenvalue weighted by atomic mass is 10.4. The van der Waals surface area contributed by atoms with E-state index in [0.717, 1.165) is 23.6 Å². The van der Waals surface area contributed by atoms with Gasteiger partial charge in [0.05, 0.1) is 29.1 Å². The molecule has 1 N–H and O–H groups in total. The molecule has 0 bridgehead atoms. The van der Waals surface area contributed by atoms with Crippen molar-refractivity contribution in [2.75, 3.05) is 12.4 Å². The molecule has 0 saturated carbocycles. The third kappa shape index (κ3) is 3.54. The Balaban J connectivity index is 2.02. The molecular weight excluding hydrogens is 308 g/mol. The first-order valence-electron chi connectivity index (χ1n) is 6.65. The number of thiocarbonyl (C=S) groups is 1. The van der Waals surface area contributed by atoms with E-state index in [1.165, 1.54) is 0 Å². The van der Waals surface area contributed by atoms with Crippen LogP contribution >= 0.6 is 23.8 Å². The molecular formula is C13H19ClN6S. The average molecular weight is 327 g/mol. The van der Waals surface area contributed by atoms with E-state index in [0.29, 0.717) is 16.7 Å². The lowest BCUT2D eigenvalue weighted by Crippen LogP contribution is -2.31. The number of hydrogen-bond donors (Lipinski definition) is 1. The number of rotatable bonds is 4. The van der Waals surface area contributed by atoms with E-state index in [2.05, 4.69) is 15.5 Å². The Kier molecular flexibility index (Phi) is 4.84. The van der Waals surface area contributed by atoms with Crippen LogP contribution in [-0.4, -0.2) is 36.6 Å². The lowest BCUT2D eigenvalue weighted by Gasteiger charge is -2.20. The second-order valence-corrected chi connectivity index (χ2v) is 5.63. The van der Waals surface area contributed by atoms with E-state index in [4.69, 9.17) is 23.8 Å². The van der Waals surface area contributed by atoms with Gasteiger partial charge in [-0.25, -0.2) is 0 Å². The summed E-state index contributed by atoms with van der Waals surface area (Å²) in [5, 5.41) is 13.0. The van der Waals surface area contributed by atoms with Gasteiger partial charge in [-0.15, -0.1) is 0 Å². The van der Waals surface area contributed by atoms with Gasteiger partial charge in [0.2, 0.25) is 0 Å². The zero-order valence-electron chi connectivity index (χ0n) is 12.6. The highest BCUT2D eigenvalue weighted by Crippen LogP contribution is 2.17. The van der Waals surface area contributed by atoms with Crippen molar-refractivity contribution in [2.45, 2.75) is 26.9 Å². The van der Waals surface area contributed by atoms with Crippen molar-refractivity contribution in [3.8, 4) is 0 Å². The largest absolute Gasteiger partial charge is 0.346 e. The molecule has 0 radical (unpaired) electrons. The summed E-state index contributed by atoms with van der Waals surface area (Å²) >= 11 is 11.6. The van der Waals surface area contributed by atoms with Gasteiger partial charge in [-0.1, -0.05) is 11.6 Å². The maximum absolute atomic E-state index is 6.17. The molecule has 0 amide bonds. The lowest BCUT2D eigenvalue weighted by molar-refractivity contribution is 0.492. The summed E-state index contributed by atoms with van der Waals surface area (Å²) in [7, 11) is 3.80. The van der Waals surface area contributed by atoms with Crippen molar-refractivity contribution in [3.05, 3.63) is 28.8 Å². The highest BCUT2D eigenvalue weighted by atomic mass is 35.5. The van der Waals surface area contributed by atoms with Crippen molar-refractivity contribution in [3.63, 3.8) is 0 Å². The normalized spacial score (nSPS) is 10.7. The summed E-state index contributed by atoms with van der Waals surface area (Å²) in [4.78, 5) is 1.90. The number of nitrogens with one attached hydrogen (secondary N) is 1. The minimum absolute atomic E-state index is 0.553. The summed E-state index contributed by atoms with van der Waals surface area (Å²) < 4.78 is 3.61. The van der Waals surface area contributed by atoms with E-state index < -0.39 is 0 Å². The molecule has 2 aromatic heterocycles. The number of aromatic nitrogens is 4. The fourth-order valence-corrected chi connectivity index (χ4v) is 2.22. The van der Waals surface area contributed by atoms with Gasteiger partial charge < -0.3 is 10.2 Å². The molecule has 114 valence electrons. The van der Waals surface area contributed by atoms with Crippen LogP contribution in [0.5, 0.6) is 0 Å². The molecule has 0 aromatic carbocycles. The highest BCUT2D eigenvalue weighted by Gasteiger charge is 2.13. The Bertz CT molecular complexity index is 647. The van der Waals surface area contributed by atoms with Gasteiger partial charge in [-0.2, -0.15) is 10.2 Å². The number of anilines is 1. The summed E-state index contributed by atoms with van der Waals surface area (Å²) in [5.41, 5.74) is 2.74. The summed E-state index contributed by atoms with van der Waals surface area (Å²) in [6.07, 6.45) is 3.58. The molecule has 0 unspecified atom stereocenters. The molecule has 21 heavy (non-hydrogen) atoms. The SMILES string of the molecule is CCn1cc(Cl)c(CN(C)C(=S)Nc2cnn(C)c2C)n1. The Hall–Kier alpha value is -1.60. The van der Waals surface area contributed by atoms with Crippen LogP contribution in [0.3, 0.4) is 0 Å². The summed E-state index contributed by atoms with van der Waals surface area (Å²) in [5.74, 6) is 0. The molecule has 0 atom stereocenters. The molecule has 0 aliphatic rings. The van der Waals surface area contributed by atoms with Gasteiger partial charge in [0.15, 0.2) is 5.11 Å². The first-order valence-corrected chi connectivity index (χ1v) is 7.43. The first-order chi connectivity index (χ1) is 9.92. The Morgan fingerprint density at radius 1 is 1.52 bits per heavy atom. The molecule has 0 aliphatic heterocycles. The number of nitrogens with zero attached hydrogens (tertiary/aromatic N) is 5. The third-order valence-electron chi connectivity index (χ3n) is 3.32. The first kappa shape index (κ1) is 15.8. The molecule has 2 aromatic rings. The van der Waals surface area contributed by atoms with Gasteiger partial charge in [0.1, 0.15) is 5.69 Å². The van der Waals surface area contributed by atoms with E-state index >= 15 is 0 Å². The highest BCUT2D eigenvalue weighted by molar-refractivity contribution is 7.80. The van der Waals surface area contributed by atoms with Crippen LogP contribution in [0.4, 0.5) is 5.69 Å². The van der Waals surface area contributed by atoms with Gasteiger partial charge in [-0.3, -0.25) is 9.36 Å². The van der Waals surface area contributed by atoms with E-state index in [9.17, 15) is 0 Å². The minimum Gasteiger partial charge on any atom is -0.346 e. The van der Waals surface area contributed by atoms with Crippen LogP contribution in [-0.2, 0) is 20.1 Å². The molecule has 8 heteroatoms. The fraction of sp³-hybridized carbons (Fsp3) is 0.462. The molecule has 0 spiro atoms. The number of hydrogen-bond acceptors (Lipinski definition) is 3. The average Bonchev–Trinajstić information content (AvgIpc) is 2.96. The van der Waals surface area contributed by atoms with Gasteiger partial charge in [-0.05, 0) is 26.1 Å². The van der Waals surface area contributed by atoms with E-state index in [1.54, 1.807) is 10.9 Å². The second-order valence-electron chi connectivity index (χ2n) is 4.83. The Labute approximate surface area is 134 Å². The Morgan fingerprint density at radius 2 is 2.24 bits per heavy atom. The van der Waals surface area contributed by atoms with E-state index in [1.807, 2.05) is 43.7 Å². The maximum Gasteiger partial charge on any atom is 0.173 e. The van der Waals surface area contributed by atoms with Crippen LogP contribution in [0.2, 0.25) is 5.02 Å². The van der Waals surface area contributed by atoms with Gasteiger partial charge >= 0.3 is 0 Å². The van der Waals surface area contributed by atoms with Crippen molar-refractivity contribution >= 4 is 34.6 Å². The molecule has 2 rings (SSSR count). The molecule has 2 heterocycles. The van der Waals surface area contributed by atoms with Crippen molar-refractivity contribution < 1.29 is 0 Å². The monoisotopic (exact) mass is 326 g/mol. The van der Waals surface area contributed by atoms with Crippen molar-refractivity contribution in [2.24, 2.45) is 7.05 Å². The summed E-state index contributed by atoms with van der Waals surface area (Å²) in [6, 6.07) is 0. The van der Waals surface area contributed by atoms with Gasteiger partial charge in [0.25, 0.3) is 0 Å². The van der Waals surface area contributed by atoms with Crippen LogP contribution in [0.15, 0.2) is 12.4 Å². The molecule has 0 fully saturated rings. The molecule has 0 saturated heterocycles. The van der Waals surface area contributed by atoms with Crippen LogP contribution in [0.25, 0.3) is 0 Å². The minimum atomic E-state index is 0.553. The maximum atomic E-state index is 6.17. The molecule has 6 nitrogen and oxygen atoms in total. The number of aryl methyl sites for hydroxylation is 2. The van der Waals surface area contributed by atoms with Gasteiger partial charge in [0, 0.05) is 26.8 Å². The third-order valence-corrected chi connectivity index (χ3v) is 4.05. The molecule has 0 aliphatic carbocycles. The topological polar surface area (TPSA) is 50.9 Å². The second kappa shape index (κ2) is 6.44. The van der Waals surface area contributed by atoms with Crippen LogP contribution in [0, 0.1) is 6.92 Å². The quantitative estimate of drug-likeness (QED) is 0.875. The van der Waals surface area contributed by atoms with Crippen LogP contribution in [0.1, 0.15) is 18.3 Å². The van der Waals surface area contributed by atoms with Crippen molar-refractivity contribution in [1.29, 1.82) is 0 Å². The van der Waals surface area contributed by atoms with E-state index in [-0.39, 0.29) is 0 Å². The standard InChI is InChI=1S/C13H19ClN6S/c1-5-20-7-10(14)12(17-20)8-18(3)13(21)16-11-6-15-19(4)9(11)2/h6-7H,5,8H2,1-4H3,(H,16,21). The zero-order chi connectivity index (χ0) is 15.6. The zero-order valence-corrected chi connectivity index (χ0v) is 14.2. The predicted molar refractivity (Wildman–Crippen MR) is 88.5 cm³/mol. The summed E-state index contributed by atoms with van der Waals surface area (Å²) in [6.45, 7) is 5.35. The number of halogens is 1. The van der Waals surface area contributed by atoms with Crippen LogP contribution < -0.4 is 5.32 Å².